The smallest absolute Gasteiger partial charge is 0.509 e. The van der Waals surface area contributed by atoms with Crippen LogP contribution in [-0.4, -0.2) is 51.9 Å². The second-order valence-corrected chi connectivity index (χ2v) is 14.9. The van der Waals surface area contributed by atoms with E-state index in [9.17, 15) is 9.59 Å². The van der Waals surface area contributed by atoms with Crippen molar-refractivity contribution in [2.75, 3.05) is 19.6 Å². The number of nitrogens with zero attached hydrogens (tertiary/aromatic N) is 1. The van der Waals surface area contributed by atoms with E-state index in [0.717, 1.165) is 10.4 Å². The van der Waals surface area contributed by atoms with E-state index in [0.29, 0.717) is 23.0 Å². The first kappa shape index (κ1) is 26.8. The molecule has 0 unspecified atom stereocenters. The Kier molecular flexibility index (Phi) is 7.38. The second-order valence-electron chi connectivity index (χ2n) is 10.7. The summed E-state index contributed by atoms with van der Waals surface area (Å²) in [4.78, 5) is 27.3. The quantitative estimate of drug-likeness (QED) is 0.346. The fourth-order valence-corrected chi connectivity index (χ4v) is 9.59. The van der Waals surface area contributed by atoms with Gasteiger partial charge in [-0.1, -0.05) is 107 Å². The number of carbonyl (C=O) groups excluding carboxylic acids is 2. The maximum absolute atomic E-state index is 12.8. The zero-order chi connectivity index (χ0) is 27.6. The minimum absolute atomic E-state index is 0.0111. The highest BCUT2D eigenvalue weighted by Gasteiger charge is 2.54. The summed E-state index contributed by atoms with van der Waals surface area (Å²) in [6, 6.07) is 27.7. The van der Waals surface area contributed by atoms with Gasteiger partial charge in [-0.3, -0.25) is 14.5 Å². The highest BCUT2D eigenvalue weighted by atomic mass is 28.4. The van der Waals surface area contributed by atoms with Crippen molar-refractivity contribution in [1.29, 1.82) is 0 Å². The summed E-state index contributed by atoms with van der Waals surface area (Å²) in [5.41, 5.74) is 0.940. The molecule has 2 heterocycles. The molecule has 3 aromatic carbocycles. The molecule has 1 aliphatic heterocycles. The Balaban J connectivity index is 1.71. The molecule has 0 aliphatic carbocycles. The molecule has 39 heavy (non-hydrogen) atoms. The monoisotopic (exact) mass is 541 g/mol. The van der Waals surface area contributed by atoms with Crippen LogP contribution < -0.4 is 20.3 Å². The average molecular weight is 541 g/mol. The molecular weight excluding hydrogens is 509 g/mol. The molecule has 0 radical (unpaired) electrons. The SMILES string of the molecule is CCN1CC(=O)OB(c2c(O[Si](c3ccccc3)(c3ccccc3)C(C)(C)C)oc3ccccc23)OC(=O)C1. The summed E-state index contributed by atoms with van der Waals surface area (Å²) in [7, 11) is -4.41. The fourth-order valence-electron chi connectivity index (χ4n) is 5.23. The summed E-state index contributed by atoms with van der Waals surface area (Å²) >= 11 is 0. The van der Waals surface area contributed by atoms with E-state index in [1.54, 1.807) is 4.90 Å². The lowest BCUT2D eigenvalue weighted by Gasteiger charge is -2.42. The molecule has 5 rings (SSSR count). The third-order valence-electron chi connectivity index (χ3n) is 7.13. The molecule has 0 atom stereocenters. The van der Waals surface area contributed by atoms with E-state index < -0.39 is 27.4 Å². The molecule has 7 nitrogen and oxygen atoms in total. The lowest BCUT2D eigenvalue weighted by molar-refractivity contribution is -0.145. The van der Waals surface area contributed by atoms with Gasteiger partial charge in [0.25, 0.3) is 5.95 Å². The molecule has 0 amide bonds. The summed E-state index contributed by atoms with van der Waals surface area (Å²) < 4.78 is 25.0. The van der Waals surface area contributed by atoms with Crippen molar-refractivity contribution >= 4 is 54.2 Å². The van der Waals surface area contributed by atoms with Crippen molar-refractivity contribution in [1.82, 2.24) is 4.90 Å². The van der Waals surface area contributed by atoms with Crippen LogP contribution in [0.2, 0.25) is 5.04 Å². The molecule has 1 saturated heterocycles. The number of rotatable bonds is 6. The van der Waals surface area contributed by atoms with Gasteiger partial charge in [0.05, 0.1) is 13.1 Å². The molecule has 1 aromatic heterocycles. The first-order chi connectivity index (χ1) is 18.7. The van der Waals surface area contributed by atoms with Gasteiger partial charge in [0.1, 0.15) is 11.0 Å². The molecule has 1 aliphatic rings. The zero-order valence-corrected chi connectivity index (χ0v) is 23.7. The van der Waals surface area contributed by atoms with E-state index in [4.69, 9.17) is 18.2 Å². The maximum atomic E-state index is 12.8. The zero-order valence-electron chi connectivity index (χ0n) is 22.7. The standard InChI is InChI=1S/C30H32BNO6Si/c1-5-32-20-26(33)36-31(37-27(34)21-32)28-24-18-12-13-19-25(24)35-29(28)38-39(30(2,3)4,22-14-8-6-9-15-22)23-16-10-7-11-17-23/h6-19H,5,20-21H2,1-4H3. The first-order valence-corrected chi connectivity index (χ1v) is 15.1. The average Bonchev–Trinajstić information content (AvgIpc) is 3.28. The predicted molar refractivity (Wildman–Crippen MR) is 154 cm³/mol. The van der Waals surface area contributed by atoms with Crippen LogP contribution in [-0.2, 0) is 18.9 Å². The minimum Gasteiger partial charge on any atom is -0.509 e. The van der Waals surface area contributed by atoms with Crippen molar-refractivity contribution < 1.29 is 27.7 Å². The lowest BCUT2D eigenvalue weighted by Crippen LogP contribution is -2.69. The van der Waals surface area contributed by atoms with Crippen molar-refractivity contribution in [3.8, 4) is 5.95 Å². The fraction of sp³-hybridized carbons (Fsp3) is 0.267. The number of hydrogen-bond acceptors (Lipinski definition) is 7. The largest absolute Gasteiger partial charge is 0.644 e. The van der Waals surface area contributed by atoms with Crippen LogP contribution in [0.5, 0.6) is 5.95 Å². The third kappa shape index (κ3) is 5.12. The second kappa shape index (κ2) is 10.7. The van der Waals surface area contributed by atoms with Crippen LogP contribution in [0, 0.1) is 0 Å². The van der Waals surface area contributed by atoms with Crippen molar-refractivity contribution in [2.24, 2.45) is 0 Å². The molecule has 0 N–H and O–H groups in total. The minimum atomic E-state index is -3.10. The van der Waals surface area contributed by atoms with E-state index in [2.05, 4.69) is 45.0 Å². The van der Waals surface area contributed by atoms with Crippen molar-refractivity contribution in [3.63, 3.8) is 0 Å². The van der Waals surface area contributed by atoms with Gasteiger partial charge >= 0.3 is 27.4 Å². The van der Waals surface area contributed by atoms with Gasteiger partial charge in [-0.15, -0.1) is 0 Å². The summed E-state index contributed by atoms with van der Waals surface area (Å²) in [5, 5.41) is 2.42. The van der Waals surface area contributed by atoms with Gasteiger partial charge in [0, 0.05) is 5.39 Å². The van der Waals surface area contributed by atoms with E-state index in [1.807, 2.05) is 67.6 Å². The first-order valence-electron chi connectivity index (χ1n) is 13.2. The van der Waals surface area contributed by atoms with E-state index in [1.165, 1.54) is 0 Å². The van der Waals surface area contributed by atoms with Crippen molar-refractivity contribution in [2.45, 2.75) is 32.7 Å². The Morgan fingerprint density at radius 1 is 0.821 bits per heavy atom. The van der Waals surface area contributed by atoms with Gasteiger partial charge in [0.15, 0.2) is 0 Å². The molecule has 200 valence electrons. The molecule has 9 heteroatoms. The molecule has 0 saturated carbocycles. The number of furan rings is 1. The topological polar surface area (TPSA) is 78.2 Å². The number of likely N-dealkylation sites (N-methyl/N-ethyl adjacent to an activating group) is 1. The molecular formula is C30H32BNO6Si. The summed E-state index contributed by atoms with van der Waals surface area (Å²) in [6.45, 7) is 8.86. The highest BCUT2D eigenvalue weighted by Crippen LogP contribution is 2.38. The Labute approximate surface area is 229 Å². The Morgan fingerprint density at radius 3 is 1.85 bits per heavy atom. The predicted octanol–water partition coefficient (Wildman–Crippen LogP) is 3.49. The number of carbonyl (C=O) groups is 2. The van der Waals surface area contributed by atoms with E-state index >= 15 is 0 Å². The third-order valence-corrected chi connectivity index (χ3v) is 12.0. The van der Waals surface area contributed by atoms with Crippen LogP contribution >= 0.6 is 0 Å². The molecule has 0 spiro atoms. The van der Waals surface area contributed by atoms with E-state index in [-0.39, 0.29) is 24.1 Å². The number of para-hydroxylation sites is 1. The van der Waals surface area contributed by atoms with Crippen LogP contribution in [0.1, 0.15) is 27.7 Å². The van der Waals surface area contributed by atoms with Gasteiger partial charge in [-0.2, -0.15) is 0 Å². The Morgan fingerprint density at radius 2 is 1.33 bits per heavy atom. The van der Waals surface area contributed by atoms with Gasteiger partial charge in [-0.25, -0.2) is 0 Å². The Hall–Kier alpha value is -3.82. The van der Waals surface area contributed by atoms with Crippen molar-refractivity contribution in [3.05, 3.63) is 84.9 Å². The molecule has 1 fully saturated rings. The number of fused-ring (bicyclic) bond motifs is 1. The maximum Gasteiger partial charge on any atom is 0.644 e. The van der Waals surface area contributed by atoms with Crippen LogP contribution in [0.4, 0.5) is 0 Å². The molecule has 0 bridgehead atoms. The number of hydrogen-bond donors (Lipinski definition) is 0. The summed E-state index contributed by atoms with van der Waals surface area (Å²) in [5.74, 6) is -0.795. The van der Waals surface area contributed by atoms with Crippen LogP contribution in [0.15, 0.2) is 89.3 Å². The van der Waals surface area contributed by atoms with Crippen LogP contribution in [0.3, 0.4) is 0 Å². The Bertz CT molecular complexity index is 1410. The summed E-state index contributed by atoms with van der Waals surface area (Å²) in [6.07, 6.45) is 0. The van der Waals surface area contributed by atoms with Crippen LogP contribution in [0.25, 0.3) is 11.0 Å². The lowest BCUT2D eigenvalue weighted by atomic mass is 9.78. The van der Waals surface area contributed by atoms with Gasteiger partial charge in [0.2, 0.25) is 0 Å². The van der Waals surface area contributed by atoms with Gasteiger partial charge in [-0.05, 0) is 28.0 Å². The molecule has 4 aromatic rings. The normalized spacial score (nSPS) is 15.4. The number of benzene rings is 3. The van der Waals surface area contributed by atoms with Gasteiger partial charge < -0.3 is 18.2 Å². The highest BCUT2D eigenvalue weighted by molar-refractivity contribution is 7.00.